The lowest BCUT2D eigenvalue weighted by Crippen LogP contribution is -2.36. The zero-order valence-corrected chi connectivity index (χ0v) is 11.5. The molecule has 2 atom stereocenters. The van der Waals surface area contributed by atoms with E-state index in [9.17, 15) is 0 Å². The highest BCUT2D eigenvalue weighted by Crippen LogP contribution is 2.38. The number of hydrogen-bond acceptors (Lipinski definition) is 3. The molecule has 16 heavy (non-hydrogen) atoms. The van der Waals surface area contributed by atoms with Crippen LogP contribution in [0.25, 0.3) is 0 Å². The second kappa shape index (κ2) is 4.77. The van der Waals surface area contributed by atoms with E-state index in [4.69, 9.17) is 4.74 Å². The van der Waals surface area contributed by atoms with Gasteiger partial charge < -0.3 is 10.1 Å². The van der Waals surface area contributed by atoms with Crippen LogP contribution in [0.1, 0.15) is 24.1 Å². The van der Waals surface area contributed by atoms with Crippen LogP contribution in [-0.4, -0.2) is 18.8 Å². The minimum Gasteiger partial charge on any atom is -0.376 e. The Morgan fingerprint density at radius 3 is 3.00 bits per heavy atom. The van der Waals surface area contributed by atoms with Crippen molar-refractivity contribution >= 4 is 27.3 Å². The first-order valence-corrected chi connectivity index (χ1v) is 7.58. The Balaban J connectivity index is 1.54. The minimum atomic E-state index is 0.489. The molecule has 1 saturated heterocycles. The number of nitrogens with one attached hydrogen (secondary N) is 1. The summed E-state index contributed by atoms with van der Waals surface area (Å²) in [6.45, 7) is 1.92. The van der Waals surface area contributed by atoms with Crippen LogP contribution in [0, 0.1) is 5.92 Å². The third kappa shape index (κ3) is 2.50. The monoisotopic (exact) mass is 301 g/mol. The van der Waals surface area contributed by atoms with E-state index in [0.29, 0.717) is 12.1 Å². The maximum absolute atomic E-state index is 5.81. The second-order valence-electron chi connectivity index (χ2n) is 4.68. The summed E-state index contributed by atoms with van der Waals surface area (Å²) in [5.41, 5.74) is 0. The highest BCUT2D eigenvalue weighted by atomic mass is 79.9. The summed E-state index contributed by atoms with van der Waals surface area (Å²) in [5, 5.41) is 5.79. The van der Waals surface area contributed by atoms with Crippen molar-refractivity contribution in [2.45, 2.75) is 38.0 Å². The van der Waals surface area contributed by atoms with Crippen LogP contribution in [-0.2, 0) is 11.3 Å². The van der Waals surface area contributed by atoms with Crippen LogP contribution < -0.4 is 5.32 Å². The Morgan fingerprint density at radius 2 is 2.31 bits per heavy atom. The van der Waals surface area contributed by atoms with Crippen molar-refractivity contribution in [1.29, 1.82) is 0 Å². The fourth-order valence-corrected chi connectivity index (χ4v) is 3.80. The molecular weight excluding hydrogens is 286 g/mol. The molecule has 1 saturated carbocycles. The average Bonchev–Trinajstić information content (AvgIpc) is 2.86. The van der Waals surface area contributed by atoms with Crippen molar-refractivity contribution in [3.8, 4) is 0 Å². The second-order valence-corrected chi connectivity index (χ2v) is 6.59. The van der Waals surface area contributed by atoms with Gasteiger partial charge in [-0.25, -0.2) is 0 Å². The first-order chi connectivity index (χ1) is 7.83. The maximum Gasteiger partial charge on any atom is 0.0757 e. The summed E-state index contributed by atoms with van der Waals surface area (Å²) in [6.07, 6.45) is 4.40. The molecule has 2 fully saturated rings. The molecule has 1 aliphatic heterocycles. The molecule has 2 unspecified atom stereocenters. The van der Waals surface area contributed by atoms with Gasteiger partial charge in [-0.3, -0.25) is 0 Å². The number of ether oxygens (including phenoxy) is 1. The van der Waals surface area contributed by atoms with Gasteiger partial charge >= 0.3 is 0 Å². The van der Waals surface area contributed by atoms with Crippen LogP contribution in [0.3, 0.4) is 0 Å². The molecule has 4 heteroatoms. The van der Waals surface area contributed by atoms with Crippen molar-refractivity contribution in [1.82, 2.24) is 5.32 Å². The highest BCUT2D eigenvalue weighted by molar-refractivity contribution is 9.10. The van der Waals surface area contributed by atoms with E-state index in [1.165, 1.54) is 28.6 Å². The molecule has 0 radical (unpaired) electrons. The van der Waals surface area contributed by atoms with Crippen LogP contribution in [0.4, 0.5) is 0 Å². The molecule has 0 bridgehead atoms. The zero-order chi connectivity index (χ0) is 11.0. The van der Waals surface area contributed by atoms with Crippen LogP contribution in [0.5, 0.6) is 0 Å². The van der Waals surface area contributed by atoms with Gasteiger partial charge in [-0.15, -0.1) is 11.3 Å². The van der Waals surface area contributed by atoms with Crippen molar-refractivity contribution in [3.05, 3.63) is 20.8 Å². The lowest BCUT2D eigenvalue weighted by molar-refractivity contribution is 0.0809. The zero-order valence-electron chi connectivity index (χ0n) is 9.12. The van der Waals surface area contributed by atoms with Crippen LogP contribution in [0.15, 0.2) is 15.9 Å². The van der Waals surface area contributed by atoms with Crippen LogP contribution in [0.2, 0.25) is 0 Å². The molecule has 2 nitrogen and oxygen atoms in total. The Bertz CT molecular complexity index is 364. The number of thiophene rings is 1. The van der Waals surface area contributed by atoms with Crippen LogP contribution >= 0.6 is 27.3 Å². The molecular formula is C12H16BrNOS. The lowest BCUT2D eigenvalue weighted by Gasteiger charge is -2.18. The molecule has 1 aromatic rings. The Kier molecular flexibility index (Phi) is 3.34. The summed E-state index contributed by atoms with van der Waals surface area (Å²) in [4.78, 5) is 1.40. The molecule has 3 rings (SSSR count). The SMILES string of the molecule is Brc1csc(CNC2CCOC2C2CC2)c1. The van der Waals surface area contributed by atoms with E-state index in [-0.39, 0.29) is 0 Å². The molecule has 88 valence electrons. The van der Waals surface area contributed by atoms with E-state index in [1.54, 1.807) is 0 Å². The third-order valence-electron chi connectivity index (χ3n) is 3.38. The molecule has 2 aliphatic rings. The fraction of sp³-hybridized carbons (Fsp3) is 0.667. The molecule has 1 N–H and O–H groups in total. The van der Waals surface area contributed by atoms with Crippen molar-refractivity contribution in [2.75, 3.05) is 6.61 Å². The smallest absolute Gasteiger partial charge is 0.0757 e. The summed E-state index contributed by atoms with van der Waals surface area (Å²) in [5.74, 6) is 0.843. The number of halogens is 1. The topological polar surface area (TPSA) is 21.3 Å². The number of rotatable bonds is 4. The van der Waals surface area contributed by atoms with E-state index in [0.717, 1.165) is 19.1 Å². The number of hydrogen-bond donors (Lipinski definition) is 1. The summed E-state index contributed by atoms with van der Waals surface area (Å²) >= 11 is 5.30. The predicted molar refractivity (Wildman–Crippen MR) is 69.7 cm³/mol. The predicted octanol–water partition coefficient (Wildman–Crippen LogP) is 3.17. The molecule has 1 aromatic heterocycles. The summed E-state index contributed by atoms with van der Waals surface area (Å²) < 4.78 is 7.01. The lowest BCUT2D eigenvalue weighted by atomic mass is 10.1. The van der Waals surface area contributed by atoms with E-state index >= 15 is 0 Å². The van der Waals surface area contributed by atoms with Gasteiger partial charge in [-0.05, 0) is 47.2 Å². The Hall–Kier alpha value is 0.1000. The standard InChI is InChI=1S/C12H16BrNOS/c13-9-5-10(16-7-9)6-14-11-3-4-15-12(11)8-1-2-8/h5,7-8,11-12,14H,1-4,6H2. The summed E-state index contributed by atoms with van der Waals surface area (Å²) in [7, 11) is 0. The normalized spacial score (nSPS) is 29.8. The molecule has 0 amide bonds. The largest absolute Gasteiger partial charge is 0.376 e. The van der Waals surface area contributed by atoms with E-state index in [2.05, 4.69) is 32.7 Å². The van der Waals surface area contributed by atoms with Crippen molar-refractivity contribution in [2.24, 2.45) is 5.92 Å². The quantitative estimate of drug-likeness (QED) is 0.922. The molecule has 1 aliphatic carbocycles. The molecule has 2 heterocycles. The van der Waals surface area contributed by atoms with Gasteiger partial charge in [0.05, 0.1) is 6.10 Å². The van der Waals surface area contributed by atoms with Gasteiger partial charge in [-0.2, -0.15) is 0 Å². The van der Waals surface area contributed by atoms with Gasteiger partial charge in [0.1, 0.15) is 0 Å². The fourth-order valence-electron chi connectivity index (χ4n) is 2.40. The molecule has 0 aromatic carbocycles. The Labute approximate surface area is 109 Å². The van der Waals surface area contributed by atoms with Crippen molar-refractivity contribution in [3.63, 3.8) is 0 Å². The van der Waals surface area contributed by atoms with Gasteiger partial charge in [0.25, 0.3) is 0 Å². The highest BCUT2D eigenvalue weighted by Gasteiger charge is 2.40. The van der Waals surface area contributed by atoms with Gasteiger partial charge in [0.15, 0.2) is 0 Å². The van der Waals surface area contributed by atoms with Gasteiger partial charge in [0.2, 0.25) is 0 Å². The third-order valence-corrected chi connectivity index (χ3v) is 5.08. The average molecular weight is 302 g/mol. The molecule has 0 spiro atoms. The first kappa shape index (κ1) is 11.2. The van der Waals surface area contributed by atoms with Gasteiger partial charge in [0, 0.05) is 33.9 Å². The van der Waals surface area contributed by atoms with E-state index in [1.807, 2.05) is 11.3 Å². The minimum absolute atomic E-state index is 0.489. The first-order valence-electron chi connectivity index (χ1n) is 5.91. The van der Waals surface area contributed by atoms with Gasteiger partial charge in [-0.1, -0.05) is 0 Å². The van der Waals surface area contributed by atoms with E-state index < -0.39 is 0 Å². The Morgan fingerprint density at radius 1 is 1.44 bits per heavy atom. The summed E-state index contributed by atoms with van der Waals surface area (Å²) in [6, 6.07) is 2.77. The maximum atomic E-state index is 5.81. The van der Waals surface area contributed by atoms with Crippen molar-refractivity contribution < 1.29 is 4.74 Å².